The molecule has 0 aliphatic carbocycles. The molecule has 0 aromatic heterocycles. The number of halogens is 3. The lowest BCUT2D eigenvalue weighted by molar-refractivity contribution is -0.125. The average Bonchev–Trinajstić information content (AvgIpc) is 3.05. The van der Waals surface area contributed by atoms with Crippen molar-refractivity contribution in [1.29, 1.82) is 0 Å². The van der Waals surface area contributed by atoms with E-state index in [2.05, 4.69) is 15.5 Å². The topological polar surface area (TPSA) is 64.7 Å². The maximum Gasteiger partial charge on any atom is 0.252 e. The molecule has 2 aliphatic rings. The average molecular weight is 465 g/mol. The van der Waals surface area contributed by atoms with Crippen molar-refractivity contribution in [2.75, 3.05) is 37.7 Å². The second kappa shape index (κ2) is 9.02. The molecule has 0 bridgehead atoms. The minimum absolute atomic E-state index is 0.0119. The number of piperidine rings is 1. The van der Waals surface area contributed by atoms with Crippen molar-refractivity contribution in [1.82, 2.24) is 15.5 Å². The SMILES string of the molecule is O=C(NCCN1CCC2(CC1)C(=O)NCN2c1cccc(F)c1)c1ccc(Cl)cc1Cl. The first-order valence-electron chi connectivity index (χ1n) is 10.2. The lowest BCUT2D eigenvalue weighted by Gasteiger charge is -2.43. The van der Waals surface area contributed by atoms with Crippen LogP contribution in [0.4, 0.5) is 10.1 Å². The Labute approximate surface area is 190 Å². The fraction of sp³-hybridized carbons (Fsp3) is 0.364. The van der Waals surface area contributed by atoms with E-state index >= 15 is 0 Å². The standard InChI is InChI=1S/C22H23Cl2FN4O2/c23-15-4-5-18(19(24)12-15)20(30)26-8-11-28-9-6-22(7-10-28)21(31)27-14-29(22)17-3-1-2-16(25)13-17/h1-5,12-13H,6-11,14H2,(H,26,30)(H,27,31). The number of hydrogen-bond donors (Lipinski definition) is 2. The highest BCUT2D eigenvalue weighted by Crippen LogP contribution is 2.36. The van der Waals surface area contributed by atoms with Crippen LogP contribution in [0.15, 0.2) is 42.5 Å². The van der Waals surface area contributed by atoms with Crippen LogP contribution in [0.3, 0.4) is 0 Å². The predicted molar refractivity (Wildman–Crippen MR) is 119 cm³/mol. The number of anilines is 1. The van der Waals surface area contributed by atoms with Gasteiger partial charge in [0.15, 0.2) is 0 Å². The summed E-state index contributed by atoms with van der Waals surface area (Å²) in [5.74, 6) is -0.578. The monoisotopic (exact) mass is 464 g/mol. The molecule has 0 atom stereocenters. The van der Waals surface area contributed by atoms with E-state index in [9.17, 15) is 14.0 Å². The van der Waals surface area contributed by atoms with Crippen LogP contribution < -0.4 is 15.5 Å². The third kappa shape index (κ3) is 4.49. The van der Waals surface area contributed by atoms with Gasteiger partial charge in [0, 0.05) is 36.9 Å². The molecule has 6 nitrogen and oxygen atoms in total. The molecule has 2 heterocycles. The summed E-state index contributed by atoms with van der Waals surface area (Å²) in [6, 6.07) is 11.1. The van der Waals surface area contributed by atoms with Crippen LogP contribution in [0.2, 0.25) is 10.0 Å². The summed E-state index contributed by atoms with van der Waals surface area (Å²) in [4.78, 5) is 29.2. The fourth-order valence-corrected chi connectivity index (χ4v) is 4.81. The van der Waals surface area contributed by atoms with Crippen molar-refractivity contribution in [3.63, 3.8) is 0 Å². The molecule has 164 valence electrons. The van der Waals surface area contributed by atoms with Gasteiger partial charge in [-0.1, -0.05) is 29.3 Å². The molecular weight excluding hydrogens is 442 g/mol. The van der Waals surface area contributed by atoms with E-state index in [1.54, 1.807) is 24.3 Å². The number of amides is 2. The molecule has 2 aromatic rings. The molecule has 2 aromatic carbocycles. The Morgan fingerprint density at radius 2 is 1.94 bits per heavy atom. The van der Waals surface area contributed by atoms with Gasteiger partial charge in [-0.15, -0.1) is 0 Å². The Morgan fingerprint density at radius 1 is 1.16 bits per heavy atom. The number of rotatable bonds is 5. The van der Waals surface area contributed by atoms with Crippen LogP contribution in [-0.2, 0) is 4.79 Å². The molecular formula is C22H23Cl2FN4O2. The van der Waals surface area contributed by atoms with Crippen LogP contribution >= 0.6 is 23.2 Å². The minimum Gasteiger partial charge on any atom is -0.351 e. The van der Waals surface area contributed by atoms with E-state index < -0.39 is 5.54 Å². The summed E-state index contributed by atoms with van der Waals surface area (Å²) < 4.78 is 13.7. The second-order valence-electron chi connectivity index (χ2n) is 7.83. The summed E-state index contributed by atoms with van der Waals surface area (Å²) in [7, 11) is 0. The second-order valence-corrected chi connectivity index (χ2v) is 8.67. The maximum absolute atomic E-state index is 13.7. The van der Waals surface area contributed by atoms with Gasteiger partial charge in [-0.05, 0) is 49.2 Å². The van der Waals surface area contributed by atoms with E-state index in [0.29, 0.717) is 67.0 Å². The Morgan fingerprint density at radius 3 is 2.65 bits per heavy atom. The predicted octanol–water partition coefficient (Wildman–Crippen LogP) is 3.29. The van der Waals surface area contributed by atoms with Crippen molar-refractivity contribution < 1.29 is 14.0 Å². The first-order chi connectivity index (χ1) is 14.9. The lowest BCUT2D eigenvalue weighted by Crippen LogP contribution is -2.57. The molecule has 2 saturated heterocycles. The molecule has 2 aliphatic heterocycles. The maximum atomic E-state index is 13.7. The van der Waals surface area contributed by atoms with E-state index in [1.807, 2.05) is 11.0 Å². The van der Waals surface area contributed by atoms with Gasteiger partial charge in [0.05, 0.1) is 17.3 Å². The van der Waals surface area contributed by atoms with Gasteiger partial charge in [-0.3, -0.25) is 9.59 Å². The highest BCUT2D eigenvalue weighted by Gasteiger charge is 2.50. The molecule has 0 radical (unpaired) electrons. The molecule has 0 saturated carbocycles. The minimum atomic E-state index is -0.662. The van der Waals surface area contributed by atoms with Crippen LogP contribution in [-0.4, -0.2) is 55.1 Å². The first-order valence-corrected chi connectivity index (χ1v) is 10.9. The van der Waals surface area contributed by atoms with Crippen molar-refractivity contribution in [3.05, 3.63) is 63.9 Å². The number of likely N-dealkylation sites (tertiary alicyclic amines) is 1. The summed E-state index contributed by atoms with van der Waals surface area (Å²) in [5.41, 5.74) is 0.431. The van der Waals surface area contributed by atoms with Gasteiger partial charge in [-0.25, -0.2) is 4.39 Å². The van der Waals surface area contributed by atoms with Crippen molar-refractivity contribution in [2.45, 2.75) is 18.4 Å². The zero-order chi connectivity index (χ0) is 22.0. The van der Waals surface area contributed by atoms with Crippen molar-refractivity contribution >= 4 is 40.7 Å². The smallest absolute Gasteiger partial charge is 0.252 e. The third-order valence-corrected chi connectivity index (χ3v) is 6.58. The molecule has 4 rings (SSSR count). The van der Waals surface area contributed by atoms with Crippen LogP contribution in [0.25, 0.3) is 0 Å². The summed E-state index contributed by atoms with van der Waals surface area (Å²) in [5, 5.41) is 6.59. The Bertz CT molecular complexity index is 995. The molecule has 9 heteroatoms. The highest BCUT2D eigenvalue weighted by molar-refractivity contribution is 6.36. The zero-order valence-electron chi connectivity index (χ0n) is 16.8. The molecule has 2 amide bonds. The number of carbonyl (C=O) groups excluding carboxylic acids is 2. The van der Waals surface area contributed by atoms with Crippen LogP contribution in [0.1, 0.15) is 23.2 Å². The summed E-state index contributed by atoms with van der Waals surface area (Å²) in [6.07, 6.45) is 1.26. The van der Waals surface area contributed by atoms with E-state index in [1.165, 1.54) is 12.1 Å². The number of carbonyl (C=O) groups is 2. The van der Waals surface area contributed by atoms with Crippen molar-refractivity contribution in [3.8, 4) is 0 Å². The largest absolute Gasteiger partial charge is 0.351 e. The van der Waals surface area contributed by atoms with E-state index in [-0.39, 0.29) is 17.6 Å². The number of benzene rings is 2. The summed E-state index contributed by atoms with van der Waals surface area (Å²) >= 11 is 12.0. The van der Waals surface area contributed by atoms with E-state index in [0.717, 1.165) is 0 Å². The molecule has 31 heavy (non-hydrogen) atoms. The van der Waals surface area contributed by atoms with Gasteiger partial charge in [0.25, 0.3) is 5.91 Å². The van der Waals surface area contributed by atoms with Crippen LogP contribution in [0.5, 0.6) is 0 Å². The Balaban J connectivity index is 1.32. The third-order valence-electron chi connectivity index (χ3n) is 6.03. The van der Waals surface area contributed by atoms with Crippen molar-refractivity contribution in [2.24, 2.45) is 0 Å². The normalized spacial score (nSPS) is 18.3. The fourth-order valence-electron chi connectivity index (χ4n) is 4.31. The Hall–Kier alpha value is -2.35. The Kier molecular flexibility index (Phi) is 6.36. The summed E-state index contributed by atoms with van der Waals surface area (Å²) in [6.45, 7) is 2.91. The number of nitrogens with zero attached hydrogens (tertiary/aromatic N) is 2. The molecule has 0 unspecified atom stereocenters. The molecule has 1 spiro atoms. The van der Waals surface area contributed by atoms with E-state index in [4.69, 9.17) is 23.2 Å². The first kappa shape index (κ1) is 21.9. The number of nitrogens with one attached hydrogen (secondary N) is 2. The highest BCUT2D eigenvalue weighted by atomic mass is 35.5. The lowest BCUT2D eigenvalue weighted by atomic mass is 9.85. The van der Waals surface area contributed by atoms with Gasteiger partial charge in [-0.2, -0.15) is 0 Å². The zero-order valence-corrected chi connectivity index (χ0v) is 18.3. The van der Waals surface area contributed by atoms with Gasteiger partial charge >= 0.3 is 0 Å². The van der Waals surface area contributed by atoms with Gasteiger partial charge in [0.2, 0.25) is 5.91 Å². The molecule has 2 N–H and O–H groups in total. The van der Waals surface area contributed by atoms with Gasteiger partial charge in [0.1, 0.15) is 11.4 Å². The van der Waals surface area contributed by atoms with Gasteiger partial charge < -0.3 is 20.4 Å². The van der Waals surface area contributed by atoms with Crippen LogP contribution in [0, 0.1) is 5.82 Å². The quantitative estimate of drug-likeness (QED) is 0.712. The number of hydrogen-bond acceptors (Lipinski definition) is 4. The molecule has 2 fully saturated rings.